The first-order valence-electron chi connectivity index (χ1n) is 10.0. The Balaban J connectivity index is 0.000000215. The van der Waals surface area contributed by atoms with Crippen molar-refractivity contribution in [2.75, 3.05) is 10.5 Å². The van der Waals surface area contributed by atoms with Gasteiger partial charge in [0, 0.05) is 41.0 Å². The monoisotopic (exact) mass is 726 g/mol. The first kappa shape index (κ1) is 31.4. The smallest absolute Gasteiger partial charge is 0.261 e. The Morgan fingerprint density at radius 3 is 1.49 bits per heavy atom. The first-order valence-corrected chi connectivity index (χ1v) is 16.1. The fourth-order valence-electron chi connectivity index (χ4n) is 2.45. The average molecular weight is 730 g/mol. The third kappa shape index (κ3) is 11.6. The molecule has 0 fully saturated rings. The van der Waals surface area contributed by atoms with Crippen LogP contribution in [0, 0.1) is 0 Å². The second-order valence-corrected chi connectivity index (χ2v) is 14.0. The van der Waals surface area contributed by atoms with E-state index in [2.05, 4.69) is 36.6 Å². The number of benzene rings is 4. The molecule has 0 radical (unpaired) electrons. The second kappa shape index (κ2) is 14.4. The van der Waals surface area contributed by atoms with Crippen LogP contribution in [0.15, 0.2) is 116 Å². The van der Waals surface area contributed by atoms with E-state index in [4.69, 9.17) is 39.6 Å². The molecule has 0 spiro atoms. The van der Waals surface area contributed by atoms with E-state index in [9.17, 15) is 16.8 Å². The Kier molecular flexibility index (Phi) is 12.2. The summed E-state index contributed by atoms with van der Waals surface area (Å²) in [6.07, 6.45) is 0. The SMILES string of the molecule is Nc1ccc(Cl)cc1.O=S(=O)(Cl)c1cccc(Br)c1.O=S(=O)(Nc1ccc(Cl)cc1)c1cccc(Br)c1. The molecule has 4 rings (SSSR count). The number of anilines is 2. The molecule has 0 bridgehead atoms. The van der Waals surface area contributed by atoms with Gasteiger partial charge in [-0.3, -0.25) is 4.72 Å². The van der Waals surface area contributed by atoms with Crippen LogP contribution < -0.4 is 10.5 Å². The number of nitrogen functional groups attached to an aromatic ring is 1. The van der Waals surface area contributed by atoms with Crippen molar-refractivity contribution in [3.8, 4) is 0 Å². The van der Waals surface area contributed by atoms with E-state index in [1.165, 1.54) is 24.3 Å². The van der Waals surface area contributed by atoms with Crippen LogP contribution in [-0.2, 0) is 19.1 Å². The zero-order valence-electron chi connectivity index (χ0n) is 18.7. The van der Waals surface area contributed by atoms with Crippen molar-refractivity contribution in [2.45, 2.75) is 9.79 Å². The lowest BCUT2D eigenvalue weighted by atomic mass is 10.3. The molecule has 196 valence electrons. The Bertz CT molecular complexity index is 1520. The first-order chi connectivity index (χ1) is 17.3. The fourth-order valence-corrected chi connectivity index (χ4v) is 5.70. The summed E-state index contributed by atoms with van der Waals surface area (Å²) in [5.41, 5.74) is 6.58. The topological polar surface area (TPSA) is 106 Å². The normalized spacial score (nSPS) is 10.8. The van der Waals surface area contributed by atoms with E-state index in [0.29, 0.717) is 19.7 Å². The summed E-state index contributed by atoms with van der Waals surface area (Å²) < 4.78 is 49.5. The molecule has 0 aliphatic carbocycles. The van der Waals surface area contributed by atoms with Crippen molar-refractivity contribution in [3.05, 3.63) is 116 Å². The van der Waals surface area contributed by atoms with Gasteiger partial charge in [-0.2, -0.15) is 0 Å². The molecule has 0 aliphatic heterocycles. The number of rotatable bonds is 4. The van der Waals surface area contributed by atoms with Gasteiger partial charge in [0.2, 0.25) is 0 Å². The lowest BCUT2D eigenvalue weighted by molar-refractivity contribution is 0.601. The maximum absolute atomic E-state index is 12.1. The Morgan fingerprint density at radius 1 is 0.649 bits per heavy atom. The third-order valence-electron chi connectivity index (χ3n) is 4.15. The van der Waals surface area contributed by atoms with Crippen LogP contribution in [0.1, 0.15) is 0 Å². The highest BCUT2D eigenvalue weighted by molar-refractivity contribution is 9.10. The predicted molar refractivity (Wildman–Crippen MR) is 159 cm³/mol. The Labute approximate surface area is 247 Å². The summed E-state index contributed by atoms with van der Waals surface area (Å²) in [4.78, 5) is 0.306. The molecule has 3 N–H and O–H groups in total. The molecule has 0 heterocycles. The number of sulfonamides is 1. The van der Waals surface area contributed by atoms with Crippen molar-refractivity contribution >= 4 is 96.2 Å². The van der Waals surface area contributed by atoms with E-state index in [-0.39, 0.29) is 9.79 Å². The lowest BCUT2D eigenvalue weighted by Crippen LogP contribution is -2.12. The number of hydrogen-bond donors (Lipinski definition) is 2. The summed E-state index contributed by atoms with van der Waals surface area (Å²) in [5, 5.41) is 1.28. The summed E-state index contributed by atoms with van der Waals surface area (Å²) >= 11 is 17.7. The quantitative estimate of drug-likeness (QED) is 0.163. The highest BCUT2D eigenvalue weighted by Gasteiger charge is 2.14. The van der Waals surface area contributed by atoms with Gasteiger partial charge in [-0.25, -0.2) is 16.8 Å². The Hall–Kier alpha value is -1.79. The number of halogens is 5. The summed E-state index contributed by atoms with van der Waals surface area (Å²) in [6.45, 7) is 0. The minimum Gasteiger partial charge on any atom is -0.399 e. The van der Waals surface area contributed by atoms with Crippen LogP contribution in [0.5, 0.6) is 0 Å². The second-order valence-electron chi connectivity index (χ2n) is 7.02. The molecule has 4 aromatic carbocycles. The number of nitrogens with two attached hydrogens (primary N) is 1. The molecule has 0 saturated heterocycles. The molecular formula is C24H19Br2Cl3N2O4S2. The molecule has 0 atom stereocenters. The van der Waals surface area contributed by atoms with E-state index < -0.39 is 19.1 Å². The van der Waals surface area contributed by atoms with Gasteiger partial charge >= 0.3 is 0 Å². The lowest BCUT2D eigenvalue weighted by Gasteiger charge is -2.08. The van der Waals surface area contributed by atoms with E-state index in [0.717, 1.165) is 10.7 Å². The molecule has 0 aliphatic rings. The molecule has 6 nitrogen and oxygen atoms in total. The predicted octanol–water partition coefficient (Wildman–Crippen LogP) is 8.20. The molecule has 0 saturated carbocycles. The van der Waals surface area contributed by atoms with E-state index in [1.54, 1.807) is 72.8 Å². The van der Waals surface area contributed by atoms with Crippen LogP contribution >= 0.6 is 65.7 Å². The van der Waals surface area contributed by atoms with Crippen LogP contribution in [0.4, 0.5) is 11.4 Å². The zero-order chi connectivity index (χ0) is 27.6. The molecule has 0 unspecified atom stereocenters. The minimum absolute atomic E-state index is 0.105. The van der Waals surface area contributed by atoms with Crippen LogP contribution in [0.2, 0.25) is 10.0 Å². The van der Waals surface area contributed by atoms with Crippen LogP contribution in [0.25, 0.3) is 0 Å². The standard InChI is InChI=1S/C12H9BrClNO2S.C6H4BrClO2S.C6H6ClN/c13-9-2-1-3-12(8-9)18(16,17)15-11-6-4-10(14)5-7-11;7-5-2-1-3-6(4-5)11(8,9)10;7-5-1-3-6(8)4-2-5/h1-8,15H;1-4H;1-4H,8H2. The van der Waals surface area contributed by atoms with Crippen molar-refractivity contribution in [3.63, 3.8) is 0 Å². The van der Waals surface area contributed by atoms with Crippen molar-refractivity contribution in [1.29, 1.82) is 0 Å². The van der Waals surface area contributed by atoms with Gasteiger partial charge in [0.25, 0.3) is 19.1 Å². The molecule has 13 heteroatoms. The maximum Gasteiger partial charge on any atom is 0.261 e. The van der Waals surface area contributed by atoms with E-state index >= 15 is 0 Å². The van der Waals surface area contributed by atoms with Crippen molar-refractivity contribution in [1.82, 2.24) is 0 Å². The average Bonchev–Trinajstić information content (AvgIpc) is 2.83. The summed E-state index contributed by atoms with van der Waals surface area (Å²) in [7, 11) is -2.07. The van der Waals surface area contributed by atoms with Gasteiger partial charge in [-0.05, 0) is 84.9 Å². The van der Waals surface area contributed by atoms with Gasteiger partial charge in [0.15, 0.2) is 0 Å². The van der Waals surface area contributed by atoms with Gasteiger partial charge < -0.3 is 5.73 Å². The van der Waals surface area contributed by atoms with Crippen molar-refractivity contribution in [2.24, 2.45) is 0 Å². The van der Waals surface area contributed by atoms with Crippen molar-refractivity contribution < 1.29 is 16.8 Å². The highest BCUT2D eigenvalue weighted by Crippen LogP contribution is 2.21. The van der Waals surface area contributed by atoms with Gasteiger partial charge in [-0.15, -0.1) is 0 Å². The molecule has 4 aromatic rings. The summed E-state index contributed by atoms with van der Waals surface area (Å²) in [6, 6.07) is 26.2. The van der Waals surface area contributed by atoms with Gasteiger partial charge in [-0.1, -0.05) is 67.2 Å². The molecular weight excluding hydrogens is 711 g/mol. The Morgan fingerprint density at radius 2 is 1.08 bits per heavy atom. The van der Waals surface area contributed by atoms with Gasteiger partial charge in [0.05, 0.1) is 9.79 Å². The largest absolute Gasteiger partial charge is 0.399 e. The molecule has 0 aromatic heterocycles. The van der Waals surface area contributed by atoms with E-state index in [1.807, 2.05) is 0 Å². The number of hydrogen-bond acceptors (Lipinski definition) is 5. The third-order valence-corrected chi connectivity index (χ3v) is 8.37. The molecule has 0 amide bonds. The van der Waals surface area contributed by atoms with Crippen LogP contribution in [0.3, 0.4) is 0 Å². The zero-order valence-corrected chi connectivity index (χ0v) is 25.7. The van der Waals surface area contributed by atoms with Crippen LogP contribution in [-0.4, -0.2) is 16.8 Å². The summed E-state index contributed by atoms with van der Waals surface area (Å²) in [5.74, 6) is 0. The number of nitrogens with one attached hydrogen (secondary N) is 1. The minimum atomic E-state index is -3.58. The maximum atomic E-state index is 12.1. The molecule has 37 heavy (non-hydrogen) atoms. The van der Waals surface area contributed by atoms with Gasteiger partial charge in [0.1, 0.15) is 0 Å². The highest BCUT2D eigenvalue weighted by atomic mass is 79.9. The fraction of sp³-hybridized carbons (Fsp3) is 0.